The molecule has 1 aromatic rings. The van der Waals surface area contributed by atoms with Gasteiger partial charge >= 0.3 is 5.97 Å². The van der Waals surface area contributed by atoms with E-state index in [0.29, 0.717) is 19.1 Å². The van der Waals surface area contributed by atoms with Crippen LogP contribution in [-0.4, -0.2) is 42.3 Å². The van der Waals surface area contributed by atoms with Crippen LogP contribution in [0.2, 0.25) is 0 Å². The van der Waals surface area contributed by atoms with Crippen molar-refractivity contribution in [2.45, 2.75) is 72.1 Å². The maximum Gasteiger partial charge on any atom is 0.349 e. The van der Waals surface area contributed by atoms with Crippen molar-refractivity contribution >= 4 is 18.0 Å². The Balaban J connectivity index is 2.05. The number of carbonyl (C=O) groups is 2. The molecule has 2 rings (SSSR count). The van der Waals surface area contributed by atoms with Crippen molar-refractivity contribution in [3.63, 3.8) is 0 Å². The lowest BCUT2D eigenvalue weighted by molar-refractivity contribution is -0.151. The van der Waals surface area contributed by atoms with E-state index in [2.05, 4.69) is 16.8 Å². The maximum atomic E-state index is 12.5. The highest BCUT2D eigenvalue weighted by Crippen LogP contribution is 2.24. The molecule has 1 aromatic heterocycles. The van der Waals surface area contributed by atoms with Gasteiger partial charge in [-0.15, -0.1) is 0 Å². The van der Waals surface area contributed by atoms with Crippen LogP contribution in [0.15, 0.2) is 11.6 Å². The van der Waals surface area contributed by atoms with Gasteiger partial charge in [-0.3, -0.25) is 4.79 Å². The summed E-state index contributed by atoms with van der Waals surface area (Å²) in [4.78, 5) is 25.0. The van der Waals surface area contributed by atoms with Crippen molar-refractivity contribution in [3.05, 3.63) is 28.6 Å². The summed E-state index contributed by atoms with van der Waals surface area (Å²) in [5.41, 5.74) is 2.58. The number of hydrogen-bond acceptors (Lipinski definition) is 5. The van der Waals surface area contributed by atoms with Gasteiger partial charge in [0.1, 0.15) is 11.6 Å². The first kappa shape index (κ1) is 23.7. The molecule has 0 aliphatic heterocycles. The summed E-state index contributed by atoms with van der Waals surface area (Å²) in [6, 6.07) is 3.92. The van der Waals surface area contributed by atoms with Crippen LogP contribution >= 0.6 is 0 Å². The molecule has 1 amide bonds. The minimum atomic E-state index is -0.961. The van der Waals surface area contributed by atoms with Crippen LogP contribution in [0.4, 0.5) is 0 Å². The van der Waals surface area contributed by atoms with Gasteiger partial charge in [-0.05, 0) is 57.2 Å². The molecule has 30 heavy (non-hydrogen) atoms. The summed E-state index contributed by atoms with van der Waals surface area (Å²) in [6.45, 7) is 8.80. The predicted molar refractivity (Wildman–Crippen MR) is 114 cm³/mol. The normalized spacial score (nSPS) is 20.3. The van der Waals surface area contributed by atoms with E-state index >= 15 is 0 Å². The molecule has 0 spiro atoms. The second-order valence-corrected chi connectivity index (χ2v) is 8.07. The summed E-state index contributed by atoms with van der Waals surface area (Å²) in [5.74, 6) is -0.704. The van der Waals surface area contributed by atoms with Crippen LogP contribution < -0.4 is 5.32 Å². The predicted octanol–water partition coefficient (Wildman–Crippen LogP) is 3.28. The molecule has 1 saturated carbocycles. The Kier molecular flexibility index (Phi) is 8.67. The average molecular weight is 416 g/mol. The van der Waals surface area contributed by atoms with E-state index in [-0.39, 0.29) is 17.5 Å². The molecule has 7 heteroatoms. The Bertz CT molecular complexity index is 834. The molecule has 3 atom stereocenters. The van der Waals surface area contributed by atoms with E-state index in [1.165, 1.54) is 19.4 Å². The molecule has 1 aliphatic carbocycles. The smallest absolute Gasteiger partial charge is 0.349 e. The fourth-order valence-electron chi connectivity index (χ4n) is 3.90. The maximum absolute atomic E-state index is 12.5. The van der Waals surface area contributed by atoms with Gasteiger partial charge in [0.25, 0.3) is 5.91 Å². The van der Waals surface area contributed by atoms with Crippen molar-refractivity contribution in [2.75, 3.05) is 13.7 Å². The van der Waals surface area contributed by atoms with E-state index < -0.39 is 12.1 Å². The molecule has 1 heterocycles. The SMILES string of the molecule is COCCn1c(C)cc(/C=C(\C#N)C(=O)OC(C)C(=O)NC2CCCCC2C)c1C. The highest BCUT2D eigenvalue weighted by molar-refractivity contribution is 5.99. The number of nitrogens with zero attached hydrogens (tertiary/aromatic N) is 2. The summed E-state index contributed by atoms with van der Waals surface area (Å²) in [6.07, 6.45) is 4.85. The number of amides is 1. The average Bonchev–Trinajstić information content (AvgIpc) is 2.98. The lowest BCUT2D eigenvalue weighted by Crippen LogP contribution is -2.46. The van der Waals surface area contributed by atoms with Crippen LogP contribution in [0.25, 0.3) is 6.08 Å². The molecule has 1 aliphatic rings. The van der Waals surface area contributed by atoms with E-state index in [0.717, 1.165) is 36.2 Å². The summed E-state index contributed by atoms with van der Waals surface area (Å²) >= 11 is 0. The van der Waals surface area contributed by atoms with Gasteiger partial charge < -0.3 is 19.4 Å². The van der Waals surface area contributed by atoms with Crippen LogP contribution in [-0.2, 0) is 25.6 Å². The highest BCUT2D eigenvalue weighted by atomic mass is 16.5. The summed E-state index contributed by atoms with van der Waals surface area (Å²) < 4.78 is 12.5. The van der Waals surface area contributed by atoms with E-state index in [4.69, 9.17) is 9.47 Å². The minimum absolute atomic E-state index is 0.107. The Morgan fingerprint density at radius 1 is 1.37 bits per heavy atom. The Morgan fingerprint density at radius 3 is 2.70 bits per heavy atom. The number of ether oxygens (including phenoxy) is 2. The lowest BCUT2D eigenvalue weighted by atomic mass is 9.86. The standard InChI is InChI=1S/C23H33N3O4/c1-15-8-6-7-9-21(15)25-22(27)18(4)30-23(28)20(14-24)13-19-12-16(2)26(17(19)3)10-11-29-5/h12-13,15,18,21H,6-11H2,1-5H3,(H,25,27)/b20-13+. The minimum Gasteiger partial charge on any atom is -0.448 e. The van der Waals surface area contributed by atoms with Gasteiger partial charge in [-0.2, -0.15) is 5.26 Å². The molecule has 0 bridgehead atoms. The first-order valence-corrected chi connectivity index (χ1v) is 10.6. The van der Waals surface area contributed by atoms with Crippen LogP contribution in [0.3, 0.4) is 0 Å². The molecule has 7 nitrogen and oxygen atoms in total. The van der Waals surface area contributed by atoms with Gasteiger partial charge in [0.15, 0.2) is 6.10 Å². The highest BCUT2D eigenvalue weighted by Gasteiger charge is 2.27. The molecule has 1 N–H and O–H groups in total. The molecule has 164 valence electrons. The molecule has 0 aromatic carbocycles. The van der Waals surface area contributed by atoms with Gasteiger partial charge in [0.2, 0.25) is 0 Å². The Labute approximate surface area is 179 Å². The zero-order chi connectivity index (χ0) is 22.3. The number of rotatable bonds is 8. The zero-order valence-electron chi connectivity index (χ0n) is 18.7. The fraction of sp³-hybridized carbons (Fsp3) is 0.609. The number of carbonyl (C=O) groups excluding carboxylic acids is 2. The second kappa shape index (κ2) is 11.0. The van der Waals surface area contributed by atoms with Crippen molar-refractivity contribution < 1.29 is 19.1 Å². The number of aryl methyl sites for hydroxylation is 1. The number of esters is 1. The first-order valence-electron chi connectivity index (χ1n) is 10.6. The monoisotopic (exact) mass is 415 g/mol. The molecule has 0 saturated heterocycles. The second-order valence-electron chi connectivity index (χ2n) is 8.07. The summed E-state index contributed by atoms with van der Waals surface area (Å²) in [5, 5.41) is 12.5. The summed E-state index contributed by atoms with van der Waals surface area (Å²) in [7, 11) is 1.64. The quantitative estimate of drug-likeness (QED) is 0.399. The van der Waals surface area contributed by atoms with Crippen LogP contribution in [0, 0.1) is 31.1 Å². The van der Waals surface area contributed by atoms with Crippen LogP contribution in [0.5, 0.6) is 0 Å². The van der Waals surface area contributed by atoms with Crippen LogP contribution in [0.1, 0.15) is 56.5 Å². The van der Waals surface area contributed by atoms with Gasteiger partial charge in [-0.1, -0.05) is 19.8 Å². The Morgan fingerprint density at radius 2 is 2.07 bits per heavy atom. The van der Waals surface area contributed by atoms with E-state index in [9.17, 15) is 14.9 Å². The molecule has 0 radical (unpaired) electrons. The molecular weight excluding hydrogens is 382 g/mol. The third kappa shape index (κ3) is 5.96. The number of hydrogen-bond donors (Lipinski definition) is 1. The van der Waals surface area contributed by atoms with Crippen molar-refractivity contribution in [3.8, 4) is 6.07 Å². The lowest BCUT2D eigenvalue weighted by Gasteiger charge is -2.30. The van der Waals surface area contributed by atoms with E-state index in [1.54, 1.807) is 7.11 Å². The molecular formula is C23H33N3O4. The first-order chi connectivity index (χ1) is 14.3. The van der Waals surface area contributed by atoms with Gasteiger partial charge in [0.05, 0.1) is 6.61 Å². The zero-order valence-corrected chi connectivity index (χ0v) is 18.7. The largest absolute Gasteiger partial charge is 0.448 e. The number of methoxy groups -OCH3 is 1. The molecule has 3 unspecified atom stereocenters. The van der Waals surface area contributed by atoms with Gasteiger partial charge in [0, 0.05) is 31.1 Å². The fourth-order valence-corrected chi connectivity index (χ4v) is 3.90. The Hall–Kier alpha value is -2.59. The topological polar surface area (TPSA) is 93.3 Å². The van der Waals surface area contributed by atoms with Crippen molar-refractivity contribution in [2.24, 2.45) is 5.92 Å². The van der Waals surface area contributed by atoms with E-state index in [1.807, 2.05) is 26.0 Å². The van der Waals surface area contributed by atoms with Gasteiger partial charge in [-0.25, -0.2) is 4.79 Å². The molecule has 1 fully saturated rings. The van der Waals surface area contributed by atoms with Crippen molar-refractivity contribution in [1.82, 2.24) is 9.88 Å². The number of aromatic nitrogens is 1. The van der Waals surface area contributed by atoms with Crippen molar-refractivity contribution in [1.29, 1.82) is 5.26 Å². The third-order valence-corrected chi connectivity index (χ3v) is 5.86. The third-order valence-electron chi connectivity index (χ3n) is 5.86. The number of nitrogens with one attached hydrogen (secondary N) is 1. The number of nitriles is 1.